The maximum atomic E-state index is 12.5. The van der Waals surface area contributed by atoms with Crippen LogP contribution in [0.2, 0.25) is 0 Å². The highest BCUT2D eigenvalue weighted by Gasteiger charge is 2.41. The zero-order valence-corrected chi connectivity index (χ0v) is 21.9. The molecule has 1 fully saturated rings. The Morgan fingerprint density at radius 3 is 2.03 bits per heavy atom. The molecule has 38 heavy (non-hydrogen) atoms. The average Bonchev–Trinajstić information content (AvgIpc) is 3.29. The van der Waals surface area contributed by atoms with Gasteiger partial charge in [-0.1, -0.05) is 90.0 Å². The van der Waals surface area contributed by atoms with Gasteiger partial charge in [0.15, 0.2) is 0 Å². The molecule has 0 amide bonds. The van der Waals surface area contributed by atoms with Crippen LogP contribution in [0.1, 0.15) is 46.0 Å². The maximum Gasteiger partial charge on any atom is 0.330 e. The van der Waals surface area contributed by atoms with E-state index < -0.39 is 29.2 Å². The first kappa shape index (κ1) is 25.9. The summed E-state index contributed by atoms with van der Waals surface area (Å²) in [5.74, 6) is 0. The summed E-state index contributed by atoms with van der Waals surface area (Å²) in [5, 5.41) is 0. The number of aromatic nitrogens is 2. The predicted molar refractivity (Wildman–Crippen MR) is 147 cm³/mol. The van der Waals surface area contributed by atoms with Gasteiger partial charge in [0.25, 0.3) is 5.56 Å². The molecule has 1 saturated heterocycles. The van der Waals surface area contributed by atoms with E-state index in [0.29, 0.717) is 12.0 Å². The lowest BCUT2D eigenvalue weighted by molar-refractivity contribution is -0.0797. The van der Waals surface area contributed by atoms with Gasteiger partial charge in [0, 0.05) is 24.2 Å². The van der Waals surface area contributed by atoms with Crippen LogP contribution in [0.15, 0.2) is 94.6 Å². The van der Waals surface area contributed by atoms with Crippen molar-refractivity contribution in [3.8, 4) is 0 Å². The van der Waals surface area contributed by atoms with Gasteiger partial charge in [-0.25, -0.2) is 4.79 Å². The van der Waals surface area contributed by atoms with Crippen molar-refractivity contribution >= 4 is 0 Å². The molecule has 7 heteroatoms. The minimum absolute atomic E-state index is 0.200. The second-order valence-corrected chi connectivity index (χ2v) is 10.1. The van der Waals surface area contributed by atoms with Crippen molar-refractivity contribution in [2.45, 2.75) is 51.2 Å². The van der Waals surface area contributed by atoms with Gasteiger partial charge in [0.2, 0.25) is 0 Å². The molecule has 1 aromatic heterocycles. The SMILES string of the molecule is Cc1ccc(C(OC[C@H]2O[C@@H](n3cc(C)c(=O)[nH]c3=O)C[C@@H]2N)(c2ccccc2)c2ccc(C)cc2)cc1. The van der Waals surface area contributed by atoms with Crippen molar-refractivity contribution in [3.63, 3.8) is 0 Å². The van der Waals surface area contributed by atoms with Crippen molar-refractivity contribution in [2.24, 2.45) is 5.73 Å². The monoisotopic (exact) mass is 511 g/mol. The lowest BCUT2D eigenvalue weighted by Gasteiger charge is -2.37. The molecule has 1 aliphatic rings. The van der Waals surface area contributed by atoms with Crippen LogP contribution in [0, 0.1) is 20.8 Å². The number of aromatic amines is 1. The molecule has 0 spiro atoms. The Kier molecular flexibility index (Phi) is 7.17. The highest BCUT2D eigenvalue weighted by Crippen LogP contribution is 2.41. The molecule has 2 heterocycles. The van der Waals surface area contributed by atoms with Crippen molar-refractivity contribution in [1.29, 1.82) is 0 Å². The van der Waals surface area contributed by atoms with Crippen LogP contribution in [0.5, 0.6) is 0 Å². The second kappa shape index (κ2) is 10.5. The molecule has 1 aliphatic heterocycles. The van der Waals surface area contributed by atoms with Crippen LogP contribution < -0.4 is 17.0 Å². The van der Waals surface area contributed by atoms with E-state index in [1.54, 1.807) is 6.92 Å². The molecule has 0 radical (unpaired) electrons. The maximum absolute atomic E-state index is 12.5. The van der Waals surface area contributed by atoms with Crippen molar-refractivity contribution in [2.75, 3.05) is 6.61 Å². The Labute approximate surface area is 221 Å². The first-order valence-corrected chi connectivity index (χ1v) is 12.8. The fourth-order valence-corrected chi connectivity index (χ4v) is 5.09. The van der Waals surface area contributed by atoms with Gasteiger partial charge in [-0.3, -0.25) is 14.3 Å². The molecule has 196 valence electrons. The number of rotatable bonds is 7. The van der Waals surface area contributed by atoms with Gasteiger partial charge >= 0.3 is 5.69 Å². The van der Waals surface area contributed by atoms with E-state index in [4.69, 9.17) is 15.2 Å². The first-order valence-electron chi connectivity index (χ1n) is 12.8. The summed E-state index contributed by atoms with van der Waals surface area (Å²) in [6.07, 6.45) is 0.895. The van der Waals surface area contributed by atoms with Crippen LogP contribution in [-0.4, -0.2) is 28.3 Å². The third kappa shape index (κ3) is 4.88. The molecular weight excluding hydrogens is 478 g/mol. The standard InChI is InChI=1S/C31H33N3O4/c1-20-9-13-24(14-10-20)31(23-7-5-4-6-8-23,25-15-11-21(2)12-16-25)37-19-27-26(32)17-28(38-27)34-18-22(3)29(35)33-30(34)36/h4-16,18,26-28H,17,19,32H2,1-3H3,(H,33,35,36)/t26-,27+,28+/m0/s1. The molecule has 3 atom stereocenters. The zero-order chi connectivity index (χ0) is 26.9. The normalized spacial score (nSPS) is 19.5. The van der Waals surface area contributed by atoms with Gasteiger partial charge in [-0.05, 0) is 37.5 Å². The van der Waals surface area contributed by atoms with Gasteiger partial charge in [-0.15, -0.1) is 0 Å². The number of nitrogens with one attached hydrogen (secondary N) is 1. The second-order valence-electron chi connectivity index (χ2n) is 10.1. The van der Waals surface area contributed by atoms with Crippen molar-refractivity contribution in [3.05, 3.63) is 139 Å². The molecule has 7 nitrogen and oxygen atoms in total. The number of ether oxygens (including phenoxy) is 2. The number of nitrogens with two attached hydrogens (primary N) is 1. The molecule has 0 unspecified atom stereocenters. The van der Waals surface area contributed by atoms with E-state index >= 15 is 0 Å². The number of nitrogens with zero attached hydrogens (tertiary/aromatic N) is 1. The van der Waals surface area contributed by atoms with Crippen LogP contribution >= 0.6 is 0 Å². The number of aryl methyl sites for hydroxylation is 3. The van der Waals surface area contributed by atoms with E-state index in [2.05, 4.69) is 79.5 Å². The number of hydrogen-bond acceptors (Lipinski definition) is 5. The van der Waals surface area contributed by atoms with E-state index in [0.717, 1.165) is 27.8 Å². The Morgan fingerprint density at radius 2 is 1.45 bits per heavy atom. The number of benzene rings is 3. The molecule has 3 N–H and O–H groups in total. The Hall–Kier alpha value is -3.78. The molecule has 3 aromatic carbocycles. The highest BCUT2D eigenvalue weighted by molar-refractivity contribution is 5.48. The van der Waals surface area contributed by atoms with Crippen LogP contribution in [0.25, 0.3) is 0 Å². The highest BCUT2D eigenvalue weighted by atomic mass is 16.6. The third-order valence-electron chi connectivity index (χ3n) is 7.30. The lowest BCUT2D eigenvalue weighted by Crippen LogP contribution is -2.40. The van der Waals surface area contributed by atoms with E-state index in [9.17, 15) is 9.59 Å². The molecule has 5 rings (SSSR count). The predicted octanol–water partition coefficient (Wildman–Crippen LogP) is 4.09. The molecule has 4 aromatic rings. The zero-order valence-electron chi connectivity index (χ0n) is 21.9. The quantitative estimate of drug-likeness (QED) is 0.364. The summed E-state index contributed by atoms with van der Waals surface area (Å²) in [7, 11) is 0. The van der Waals surface area contributed by atoms with Crippen molar-refractivity contribution < 1.29 is 9.47 Å². The smallest absolute Gasteiger partial charge is 0.330 e. The van der Waals surface area contributed by atoms with Gasteiger partial charge < -0.3 is 15.2 Å². The van der Waals surface area contributed by atoms with Crippen LogP contribution in [-0.2, 0) is 15.1 Å². The Balaban J connectivity index is 1.53. The largest absolute Gasteiger partial charge is 0.358 e. The fourth-order valence-electron chi connectivity index (χ4n) is 5.09. The van der Waals surface area contributed by atoms with Crippen LogP contribution in [0.3, 0.4) is 0 Å². The summed E-state index contributed by atoms with van der Waals surface area (Å²) in [6, 6.07) is 26.5. The summed E-state index contributed by atoms with van der Waals surface area (Å²) < 4.78 is 14.6. The van der Waals surface area contributed by atoms with Gasteiger partial charge in [-0.2, -0.15) is 0 Å². The van der Waals surface area contributed by atoms with E-state index in [1.807, 2.05) is 18.2 Å². The minimum Gasteiger partial charge on any atom is -0.358 e. The van der Waals surface area contributed by atoms with Gasteiger partial charge in [0.1, 0.15) is 11.8 Å². The summed E-state index contributed by atoms with van der Waals surface area (Å²) >= 11 is 0. The number of hydrogen-bond donors (Lipinski definition) is 2. The molecule has 0 bridgehead atoms. The molecular formula is C31H33N3O4. The lowest BCUT2D eigenvalue weighted by atomic mass is 9.79. The van der Waals surface area contributed by atoms with Gasteiger partial charge in [0.05, 0.1) is 12.7 Å². The topological polar surface area (TPSA) is 99.3 Å². The Bertz CT molecular complexity index is 1460. The average molecular weight is 512 g/mol. The summed E-state index contributed by atoms with van der Waals surface area (Å²) in [6.45, 7) is 5.98. The molecule has 0 saturated carbocycles. The Morgan fingerprint density at radius 1 is 0.895 bits per heavy atom. The molecule has 0 aliphatic carbocycles. The van der Waals surface area contributed by atoms with Crippen molar-refractivity contribution in [1.82, 2.24) is 9.55 Å². The number of H-pyrrole nitrogens is 1. The first-order chi connectivity index (χ1) is 18.3. The minimum atomic E-state index is -0.908. The fraction of sp³-hybridized carbons (Fsp3) is 0.290. The summed E-state index contributed by atoms with van der Waals surface area (Å²) in [5.41, 5.74) is 10.4. The van der Waals surface area contributed by atoms with Crippen LogP contribution in [0.4, 0.5) is 0 Å². The third-order valence-corrected chi connectivity index (χ3v) is 7.30. The summed E-state index contributed by atoms with van der Waals surface area (Å²) in [4.78, 5) is 26.7. The van der Waals surface area contributed by atoms with E-state index in [1.165, 1.54) is 10.8 Å². The van der Waals surface area contributed by atoms with E-state index in [-0.39, 0.29) is 12.6 Å².